The summed E-state index contributed by atoms with van der Waals surface area (Å²) in [6.45, 7) is 0.424. The number of hydrazone groups is 1. The molecule has 0 saturated carbocycles. The maximum atomic E-state index is 5.78. The molecule has 0 aromatic heterocycles. The molecule has 0 spiro atoms. The summed E-state index contributed by atoms with van der Waals surface area (Å²) in [5, 5.41) is 4.06. The minimum absolute atomic E-state index is 0.00144. The molecular weight excluding hydrogens is 190 g/mol. The summed E-state index contributed by atoms with van der Waals surface area (Å²) in [7, 11) is 0. The van der Waals surface area contributed by atoms with Crippen molar-refractivity contribution in [3.05, 3.63) is 22.8 Å². The minimum atomic E-state index is 0.00144. The van der Waals surface area contributed by atoms with E-state index in [1.54, 1.807) is 0 Å². The zero-order valence-electron chi connectivity index (χ0n) is 7.16. The van der Waals surface area contributed by atoms with Crippen LogP contribution in [0.5, 0.6) is 0 Å². The van der Waals surface area contributed by atoms with Gasteiger partial charge in [0.25, 0.3) is 0 Å². The summed E-state index contributed by atoms with van der Waals surface area (Å²) < 4.78 is 5.03. The molecule has 0 saturated heterocycles. The molecule has 0 heterocycles. The van der Waals surface area contributed by atoms with Crippen LogP contribution in [-0.4, -0.2) is 12.6 Å². The third-order valence-electron chi connectivity index (χ3n) is 1.72. The van der Waals surface area contributed by atoms with Crippen molar-refractivity contribution >= 4 is 17.6 Å². The van der Waals surface area contributed by atoms with Crippen molar-refractivity contribution in [2.24, 2.45) is 16.7 Å². The van der Waals surface area contributed by atoms with E-state index >= 15 is 0 Å². The van der Waals surface area contributed by atoms with Gasteiger partial charge in [-0.05, 0) is 24.5 Å². The molecule has 5 heteroatoms. The van der Waals surface area contributed by atoms with Crippen LogP contribution in [0.25, 0.3) is 0 Å². The number of allylic oxidation sites excluding steroid dienone is 3. The number of ether oxygens (including phenoxy) is 1. The summed E-state index contributed by atoms with van der Waals surface area (Å²) in [6.07, 6.45) is 5.54. The minimum Gasteiger partial charge on any atom is -0.460 e. The van der Waals surface area contributed by atoms with Crippen LogP contribution >= 0.6 is 11.6 Å². The van der Waals surface area contributed by atoms with Crippen LogP contribution in [0.2, 0.25) is 0 Å². The Balaban J connectivity index is 2.39. The number of halogens is 1. The van der Waals surface area contributed by atoms with Crippen LogP contribution in [0.3, 0.4) is 0 Å². The lowest BCUT2D eigenvalue weighted by Gasteiger charge is -2.11. The van der Waals surface area contributed by atoms with E-state index in [0.29, 0.717) is 6.61 Å². The molecule has 1 rings (SSSR count). The van der Waals surface area contributed by atoms with Crippen LogP contribution in [0.4, 0.5) is 0 Å². The first-order valence-electron chi connectivity index (χ1n) is 3.92. The van der Waals surface area contributed by atoms with Gasteiger partial charge < -0.3 is 16.3 Å². The molecule has 0 bridgehead atoms. The highest BCUT2D eigenvalue weighted by Gasteiger charge is 2.05. The van der Waals surface area contributed by atoms with Crippen LogP contribution in [-0.2, 0) is 4.74 Å². The molecule has 1 aliphatic carbocycles. The lowest BCUT2D eigenvalue weighted by Crippen LogP contribution is -2.19. The van der Waals surface area contributed by atoms with Gasteiger partial charge in [0.05, 0.1) is 0 Å². The normalized spacial score (nSPS) is 17.8. The summed E-state index contributed by atoms with van der Waals surface area (Å²) >= 11 is 5.78. The molecule has 1 aliphatic rings. The highest BCUT2D eigenvalue weighted by molar-refractivity contribution is 6.29. The highest BCUT2D eigenvalue weighted by Crippen LogP contribution is 2.20. The Kier molecular flexibility index (Phi) is 3.64. The van der Waals surface area contributed by atoms with E-state index in [1.165, 1.54) is 0 Å². The van der Waals surface area contributed by atoms with E-state index in [0.717, 1.165) is 23.4 Å². The van der Waals surface area contributed by atoms with Crippen molar-refractivity contribution in [1.82, 2.24) is 0 Å². The van der Waals surface area contributed by atoms with Crippen molar-refractivity contribution in [1.29, 1.82) is 0 Å². The van der Waals surface area contributed by atoms with E-state index in [4.69, 9.17) is 27.9 Å². The Hall–Kier alpha value is -1.16. The topological polar surface area (TPSA) is 73.6 Å². The Labute approximate surface area is 81.9 Å². The van der Waals surface area contributed by atoms with Crippen LogP contribution in [0.1, 0.15) is 12.8 Å². The molecule has 0 aromatic rings. The molecule has 0 amide bonds. The van der Waals surface area contributed by atoms with Crippen molar-refractivity contribution in [3.8, 4) is 0 Å². The van der Waals surface area contributed by atoms with E-state index < -0.39 is 0 Å². The fourth-order valence-corrected chi connectivity index (χ4v) is 1.14. The molecule has 0 aromatic carbocycles. The maximum Gasteiger partial charge on any atom is 0.303 e. The number of nitrogens with zero attached hydrogens (tertiary/aromatic N) is 1. The third kappa shape index (κ3) is 3.38. The number of hydrogen-bond acceptors (Lipinski definition) is 3. The molecule has 0 radical (unpaired) electrons. The van der Waals surface area contributed by atoms with Gasteiger partial charge in [0.15, 0.2) is 0 Å². The summed E-state index contributed by atoms with van der Waals surface area (Å²) in [5.74, 6) is 4.90. The molecule has 0 aliphatic heterocycles. The summed E-state index contributed by atoms with van der Waals surface area (Å²) in [4.78, 5) is 0. The number of nitrogens with two attached hydrogens (primary N) is 2. The van der Waals surface area contributed by atoms with Gasteiger partial charge in [-0.15, -0.1) is 5.10 Å². The molecule has 0 atom stereocenters. The second-order valence-electron chi connectivity index (χ2n) is 2.69. The average molecular weight is 202 g/mol. The molecule has 0 unspecified atom stereocenters. The van der Waals surface area contributed by atoms with Crippen molar-refractivity contribution in [2.75, 3.05) is 6.61 Å². The van der Waals surface area contributed by atoms with E-state index in [-0.39, 0.29) is 6.02 Å². The van der Waals surface area contributed by atoms with Gasteiger partial charge in [-0.25, -0.2) is 0 Å². The van der Waals surface area contributed by atoms with E-state index in [1.807, 2.05) is 12.2 Å². The second kappa shape index (κ2) is 4.77. The predicted molar refractivity (Wildman–Crippen MR) is 53.0 cm³/mol. The molecule has 72 valence electrons. The smallest absolute Gasteiger partial charge is 0.303 e. The maximum absolute atomic E-state index is 5.78. The van der Waals surface area contributed by atoms with Gasteiger partial charge in [0, 0.05) is 5.03 Å². The Morgan fingerprint density at radius 2 is 2.31 bits per heavy atom. The molecule has 13 heavy (non-hydrogen) atoms. The number of hydrogen-bond donors (Lipinski definition) is 2. The van der Waals surface area contributed by atoms with Gasteiger partial charge >= 0.3 is 6.02 Å². The Morgan fingerprint density at radius 1 is 1.54 bits per heavy atom. The summed E-state index contributed by atoms with van der Waals surface area (Å²) in [6, 6.07) is 0.00144. The first-order valence-corrected chi connectivity index (χ1v) is 4.30. The molecular formula is C8H12ClN3O. The van der Waals surface area contributed by atoms with Gasteiger partial charge in [-0.3, -0.25) is 0 Å². The first kappa shape index (κ1) is 9.92. The van der Waals surface area contributed by atoms with Crippen molar-refractivity contribution < 1.29 is 4.74 Å². The fourth-order valence-electron chi connectivity index (χ4n) is 0.979. The van der Waals surface area contributed by atoms with Gasteiger partial charge in [0.1, 0.15) is 6.61 Å². The van der Waals surface area contributed by atoms with E-state index in [2.05, 4.69) is 5.10 Å². The highest BCUT2D eigenvalue weighted by atomic mass is 35.5. The second-order valence-corrected chi connectivity index (χ2v) is 3.18. The SMILES string of the molecule is NN=C(N)OCC1=CC=C(Cl)CC1. The zero-order valence-corrected chi connectivity index (χ0v) is 7.92. The average Bonchev–Trinajstić information content (AvgIpc) is 2.16. The molecule has 4 nitrogen and oxygen atoms in total. The van der Waals surface area contributed by atoms with E-state index in [9.17, 15) is 0 Å². The fraction of sp³-hybridized carbons (Fsp3) is 0.375. The predicted octanol–water partition coefficient (Wildman–Crippen LogP) is 1.03. The zero-order chi connectivity index (χ0) is 9.68. The molecule has 0 fully saturated rings. The van der Waals surface area contributed by atoms with Crippen LogP contribution in [0.15, 0.2) is 27.9 Å². The van der Waals surface area contributed by atoms with Crippen molar-refractivity contribution in [2.45, 2.75) is 12.8 Å². The van der Waals surface area contributed by atoms with Crippen LogP contribution < -0.4 is 11.6 Å². The summed E-state index contributed by atoms with van der Waals surface area (Å²) in [5.41, 5.74) is 6.39. The Morgan fingerprint density at radius 3 is 2.85 bits per heavy atom. The number of rotatable bonds is 2. The van der Waals surface area contributed by atoms with Gasteiger partial charge in [0.2, 0.25) is 0 Å². The van der Waals surface area contributed by atoms with Gasteiger partial charge in [-0.1, -0.05) is 17.7 Å². The monoisotopic (exact) mass is 201 g/mol. The van der Waals surface area contributed by atoms with Gasteiger partial charge in [-0.2, -0.15) is 0 Å². The lowest BCUT2D eigenvalue weighted by molar-refractivity contribution is 0.327. The lowest BCUT2D eigenvalue weighted by atomic mass is 10.1. The van der Waals surface area contributed by atoms with Crippen LogP contribution in [0, 0.1) is 0 Å². The largest absolute Gasteiger partial charge is 0.460 e. The quantitative estimate of drug-likeness (QED) is 0.303. The first-order chi connectivity index (χ1) is 6.22. The Bertz CT molecular complexity index is 271. The number of amidine groups is 1. The molecule has 4 N–H and O–H groups in total. The standard InChI is InChI=1S/C8H12ClN3O/c9-7-3-1-6(2-4-7)5-13-8(10)12-11/h1,3H,2,4-5,11H2,(H2,10,12). The third-order valence-corrected chi connectivity index (χ3v) is 2.03. The van der Waals surface area contributed by atoms with Crippen molar-refractivity contribution in [3.63, 3.8) is 0 Å².